The summed E-state index contributed by atoms with van der Waals surface area (Å²) in [6.07, 6.45) is 4.56. The van der Waals surface area contributed by atoms with Crippen molar-refractivity contribution in [3.05, 3.63) is 36.9 Å². The van der Waals surface area contributed by atoms with E-state index in [2.05, 4.69) is 24.8 Å². The number of H-pyrrole nitrogens is 1. The maximum atomic E-state index is 12.4. The molecule has 0 aliphatic carbocycles. The summed E-state index contributed by atoms with van der Waals surface area (Å²) in [5.74, 6) is 1.01. The fourth-order valence-corrected chi connectivity index (χ4v) is 4.63. The predicted octanol–water partition coefficient (Wildman–Crippen LogP) is -0.000200. The van der Waals surface area contributed by atoms with Gasteiger partial charge in [0.1, 0.15) is 5.82 Å². The van der Waals surface area contributed by atoms with E-state index in [0.29, 0.717) is 19.1 Å². The summed E-state index contributed by atoms with van der Waals surface area (Å²) in [6, 6.07) is 6.24. The fourth-order valence-electron chi connectivity index (χ4n) is 3.22. The number of hydrogen-bond acceptors (Lipinski definition) is 6. The first kappa shape index (κ1) is 15.6. The van der Waals surface area contributed by atoms with Crippen LogP contribution in [0.25, 0.3) is 0 Å². The lowest BCUT2D eigenvalue weighted by atomic mass is 10.1. The predicted molar refractivity (Wildman–Crippen MR) is 89.2 cm³/mol. The minimum atomic E-state index is -3.42. The van der Waals surface area contributed by atoms with Gasteiger partial charge in [0.25, 0.3) is 10.0 Å². The average molecular weight is 348 g/mol. The van der Waals surface area contributed by atoms with Crippen LogP contribution in [0.1, 0.15) is 0 Å². The van der Waals surface area contributed by atoms with Crippen LogP contribution in [0.4, 0.5) is 5.82 Å². The van der Waals surface area contributed by atoms with Crippen LogP contribution in [0, 0.1) is 0 Å². The molecule has 1 N–H and O–H groups in total. The zero-order valence-electron chi connectivity index (χ0n) is 13.2. The number of aromatic nitrogens is 3. The molecule has 2 saturated heterocycles. The molecule has 2 fully saturated rings. The van der Waals surface area contributed by atoms with Gasteiger partial charge in [0.2, 0.25) is 0 Å². The molecule has 0 saturated carbocycles. The van der Waals surface area contributed by atoms with Gasteiger partial charge >= 0.3 is 0 Å². The van der Waals surface area contributed by atoms with Crippen molar-refractivity contribution >= 4 is 15.8 Å². The van der Waals surface area contributed by atoms with Crippen molar-refractivity contribution in [2.75, 3.05) is 44.2 Å². The molecule has 4 heterocycles. The SMILES string of the molecule is O=S(=O)(c1cnc[nH]1)N1CC(N2CCN(c3ccccn3)CC2)C1. The van der Waals surface area contributed by atoms with Crippen molar-refractivity contribution in [3.63, 3.8) is 0 Å². The first-order valence-corrected chi connectivity index (χ1v) is 9.47. The number of rotatable bonds is 4. The van der Waals surface area contributed by atoms with Crippen molar-refractivity contribution in [2.24, 2.45) is 0 Å². The first-order valence-electron chi connectivity index (χ1n) is 8.03. The summed E-state index contributed by atoms with van der Waals surface area (Å²) < 4.78 is 26.2. The number of anilines is 1. The van der Waals surface area contributed by atoms with Crippen LogP contribution >= 0.6 is 0 Å². The number of pyridine rings is 1. The first-order chi connectivity index (χ1) is 11.6. The number of sulfonamides is 1. The molecule has 0 spiro atoms. The van der Waals surface area contributed by atoms with Crippen LogP contribution in [0.2, 0.25) is 0 Å². The second-order valence-corrected chi connectivity index (χ2v) is 8.01. The summed E-state index contributed by atoms with van der Waals surface area (Å²) in [7, 11) is -3.42. The summed E-state index contributed by atoms with van der Waals surface area (Å²) in [4.78, 5) is 15.5. The third-order valence-electron chi connectivity index (χ3n) is 4.72. The molecule has 4 rings (SSSR count). The van der Waals surface area contributed by atoms with Crippen molar-refractivity contribution in [3.8, 4) is 0 Å². The van der Waals surface area contributed by atoms with E-state index >= 15 is 0 Å². The molecule has 0 radical (unpaired) electrons. The molecule has 0 atom stereocenters. The maximum Gasteiger partial charge on any atom is 0.260 e. The standard InChI is InChI=1S/C15H20N6O2S/c22-24(23,15-9-16-12-18-15)21-10-13(11-21)19-5-7-20(8-6-19)14-3-1-2-4-17-14/h1-4,9,12-13H,5-8,10-11H2,(H,16,18). The molecule has 24 heavy (non-hydrogen) atoms. The highest BCUT2D eigenvalue weighted by Gasteiger charge is 2.40. The van der Waals surface area contributed by atoms with E-state index in [4.69, 9.17) is 0 Å². The molecule has 9 heteroatoms. The highest BCUT2D eigenvalue weighted by molar-refractivity contribution is 7.89. The van der Waals surface area contributed by atoms with E-state index in [9.17, 15) is 8.42 Å². The molecule has 128 valence electrons. The molecule has 2 aromatic heterocycles. The van der Waals surface area contributed by atoms with Crippen LogP contribution in [-0.2, 0) is 10.0 Å². The minimum Gasteiger partial charge on any atom is -0.354 e. The van der Waals surface area contributed by atoms with Crippen LogP contribution < -0.4 is 4.90 Å². The van der Waals surface area contributed by atoms with Gasteiger partial charge in [-0.05, 0) is 12.1 Å². The Morgan fingerprint density at radius 3 is 2.54 bits per heavy atom. The van der Waals surface area contributed by atoms with Gasteiger partial charge in [-0.25, -0.2) is 18.4 Å². The van der Waals surface area contributed by atoms with E-state index in [1.807, 2.05) is 24.4 Å². The van der Waals surface area contributed by atoms with Crippen LogP contribution in [0.3, 0.4) is 0 Å². The van der Waals surface area contributed by atoms with Crippen LogP contribution in [0.15, 0.2) is 41.9 Å². The zero-order chi connectivity index (χ0) is 16.6. The van der Waals surface area contributed by atoms with Gasteiger partial charge in [0.15, 0.2) is 5.03 Å². The van der Waals surface area contributed by atoms with Gasteiger partial charge in [-0.2, -0.15) is 4.31 Å². The molecule has 0 unspecified atom stereocenters. The van der Waals surface area contributed by atoms with Crippen molar-refractivity contribution in [1.29, 1.82) is 0 Å². The van der Waals surface area contributed by atoms with Gasteiger partial charge in [-0.3, -0.25) is 4.90 Å². The quantitative estimate of drug-likeness (QED) is 0.837. The molecule has 8 nitrogen and oxygen atoms in total. The normalized spacial score (nSPS) is 20.9. The lowest BCUT2D eigenvalue weighted by Gasteiger charge is -2.47. The number of piperazine rings is 1. The Morgan fingerprint density at radius 1 is 1.12 bits per heavy atom. The van der Waals surface area contributed by atoms with E-state index in [1.165, 1.54) is 16.8 Å². The van der Waals surface area contributed by atoms with Crippen molar-refractivity contribution in [2.45, 2.75) is 11.1 Å². The molecule has 0 amide bonds. The third-order valence-corrected chi connectivity index (χ3v) is 6.48. The van der Waals surface area contributed by atoms with E-state index in [1.54, 1.807) is 0 Å². The van der Waals surface area contributed by atoms with E-state index in [0.717, 1.165) is 32.0 Å². The molecular formula is C15H20N6O2S. The number of hydrogen-bond donors (Lipinski definition) is 1. The maximum absolute atomic E-state index is 12.4. The second-order valence-electron chi connectivity index (χ2n) is 6.10. The van der Waals surface area contributed by atoms with Crippen molar-refractivity contribution in [1.82, 2.24) is 24.2 Å². The van der Waals surface area contributed by atoms with E-state index < -0.39 is 10.0 Å². The highest BCUT2D eigenvalue weighted by Crippen LogP contribution is 2.24. The summed E-state index contributed by atoms with van der Waals surface area (Å²) in [5.41, 5.74) is 0. The Hall–Kier alpha value is -1.97. The molecule has 2 aromatic rings. The minimum absolute atomic E-state index is 0.168. The van der Waals surface area contributed by atoms with Gasteiger partial charge < -0.3 is 9.88 Å². The molecule has 0 aromatic carbocycles. The summed E-state index contributed by atoms with van der Waals surface area (Å²) >= 11 is 0. The highest BCUT2D eigenvalue weighted by atomic mass is 32.2. The number of nitrogens with zero attached hydrogens (tertiary/aromatic N) is 5. The topological polar surface area (TPSA) is 85.4 Å². The Bertz CT molecular complexity index is 766. The van der Waals surface area contributed by atoms with Gasteiger partial charge in [-0.15, -0.1) is 0 Å². The lowest BCUT2D eigenvalue weighted by molar-refractivity contribution is 0.0825. The van der Waals surface area contributed by atoms with Crippen LogP contribution in [0.5, 0.6) is 0 Å². The summed E-state index contributed by atoms with van der Waals surface area (Å²) in [5, 5.41) is 0.168. The number of imidazole rings is 1. The molecule has 0 bridgehead atoms. The van der Waals surface area contributed by atoms with Crippen molar-refractivity contribution < 1.29 is 8.42 Å². The van der Waals surface area contributed by atoms with Gasteiger partial charge in [0.05, 0.1) is 12.5 Å². The van der Waals surface area contributed by atoms with E-state index in [-0.39, 0.29) is 5.03 Å². The summed E-state index contributed by atoms with van der Waals surface area (Å²) in [6.45, 7) is 4.79. The van der Waals surface area contributed by atoms with Crippen LogP contribution in [-0.4, -0.2) is 77.9 Å². The second kappa shape index (κ2) is 6.15. The fraction of sp³-hybridized carbons (Fsp3) is 0.467. The third kappa shape index (κ3) is 2.79. The number of nitrogens with one attached hydrogen (secondary N) is 1. The van der Waals surface area contributed by atoms with Gasteiger partial charge in [0, 0.05) is 51.5 Å². The average Bonchev–Trinajstić information content (AvgIpc) is 3.10. The largest absolute Gasteiger partial charge is 0.354 e. The lowest BCUT2D eigenvalue weighted by Crippen LogP contribution is -2.64. The smallest absolute Gasteiger partial charge is 0.260 e. The Labute approximate surface area is 141 Å². The molecular weight excluding hydrogens is 328 g/mol. The van der Waals surface area contributed by atoms with Gasteiger partial charge in [-0.1, -0.05) is 6.07 Å². The Kier molecular flexibility index (Phi) is 3.99. The Morgan fingerprint density at radius 2 is 1.92 bits per heavy atom. The monoisotopic (exact) mass is 348 g/mol. The number of aromatic amines is 1. The Balaban J connectivity index is 1.31. The molecule has 2 aliphatic rings. The zero-order valence-corrected chi connectivity index (χ0v) is 14.1. The molecule has 2 aliphatic heterocycles.